The first-order valence-corrected chi connectivity index (χ1v) is 13.0. The molecule has 0 bridgehead atoms. The number of carbonyl (C=O) groups excluding carboxylic acids is 2. The maximum atomic E-state index is 13.6. The second-order valence-corrected chi connectivity index (χ2v) is 10.1. The highest BCUT2D eigenvalue weighted by molar-refractivity contribution is 5.98. The Bertz CT molecular complexity index is 1420. The van der Waals surface area contributed by atoms with Gasteiger partial charge in [-0.2, -0.15) is 18.4 Å². The minimum absolute atomic E-state index is 0.0547. The topological polar surface area (TPSA) is 110 Å². The van der Waals surface area contributed by atoms with Gasteiger partial charge in [-0.3, -0.25) is 9.59 Å². The Kier molecular flexibility index (Phi) is 8.72. The first kappa shape index (κ1) is 29.0. The Balaban J connectivity index is 1.63. The number of rotatable bonds is 8. The summed E-state index contributed by atoms with van der Waals surface area (Å²) in [5, 5.41) is 32.5. The van der Waals surface area contributed by atoms with Crippen LogP contribution in [0.2, 0.25) is 0 Å². The van der Waals surface area contributed by atoms with Crippen molar-refractivity contribution >= 4 is 17.4 Å². The maximum absolute atomic E-state index is 13.6. The largest absolute Gasteiger partial charge is 0.417 e. The van der Waals surface area contributed by atoms with Crippen LogP contribution in [0.25, 0.3) is 11.1 Å². The van der Waals surface area contributed by atoms with Gasteiger partial charge in [0.1, 0.15) is 12.2 Å². The van der Waals surface area contributed by atoms with Crippen molar-refractivity contribution in [2.24, 2.45) is 5.92 Å². The molecule has 0 radical (unpaired) electrons. The fourth-order valence-electron chi connectivity index (χ4n) is 5.30. The summed E-state index contributed by atoms with van der Waals surface area (Å²) < 4.78 is 40.4. The van der Waals surface area contributed by atoms with Crippen LogP contribution in [-0.4, -0.2) is 34.1 Å². The van der Waals surface area contributed by atoms with E-state index < -0.39 is 47.1 Å². The molecule has 4 rings (SSSR count). The molecular weight excluding hydrogens is 521 g/mol. The molecular formula is C31H29F3N2O4. The summed E-state index contributed by atoms with van der Waals surface area (Å²) in [6.45, 7) is -0.587. The smallest absolute Gasteiger partial charge is 0.388 e. The molecule has 0 aromatic heterocycles. The summed E-state index contributed by atoms with van der Waals surface area (Å²) in [6.07, 6.45) is -1.00. The first-order valence-electron chi connectivity index (χ1n) is 13.0. The lowest BCUT2D eigenvalue weighted by Crippen LogP contribution is -2.51. The van der Waals surface area contributed by atoms with Gasteiger partial charge in [-0.15, -0.1) is 0 Å². The van der Waals surface area contributed by atoms with Gasteiger partial charge in [-0.1, -0.05) is 67.8 Å². The van der Waals surface area contributed by atoms with E-state index in [2.05, 4.69) is 5.32 Å². The number of amides is 1. The second kappa shape index (κ2) is 12.0. The molecule has 3 aromatic rings. The number of nitrogens with one attached hydrogen (secondary N) is 1. The molecule has 1 aliphatic carbocycles. The third kappa shape index (κ3) is 6.41. The Labute approximate surface area is 230 Å². The molecule has 3 N–H and O–H groups in total. The van der Waals surface area contributed by atoms with Crippen LogP contribution in [-0.2, 0) is 17.4 Å². The van der Waals surface area contributed by atoms with Gasteiger partial charge in [0.15, 0.2) is 5.78 Å². The number of halogens is 3. The highest BCUT2D eigenvalue weighted by Gasteiger charge is 2.44. The minimum Gasteiger partial charge on any atom is -0.388 e. The van der Waals surface area contributed by atoms with E-state index in [0.29, 0.717) is 30.0 Å². The number of alkyl halides is 3. The van der Waals surface area contributed by atoms with Gasteiger partial charge < -0.3 is 15.5 Å². The Morgan fingerprint density at radius 1 is 0.950 bits per heavy atom. The third-order valence-electron chi connectivity index (χ3n) is 7.46. The zero-order chi connectivity index (χ0) is 28.9. The fraction of sp³-hybridized carbons (Fsp3) is 0.323. The zero-order valence-corrected chi connectivity index (χ0v) is 21.7. The molecule has 208 valence electrons. The summed E-state index contributed by atoms with van der Waals surface area (Å²) >= 11 is 0. The van der Waals surface area contributed by atoms with Crippen LogP contribution in [0.4, 0.5) is 18.9 Å². The van der Waals surface area contributed by atoms with Gasteiger partial charge in [0, 0.05) is 17.7 Å². The number of hydrogen-bond donors (Lipinski definition) is 3. The predicted molar refractivity (Wildman–Crippen MR) is 143 cm³/mol. The quantitative estimate of drug-likeness (QED) is 0.302. The van der Waals surface area contributed by atoms with Crippen molar-refractivity contribution in [1.82, 2.24) is 0 Å². The van der Waals surface area contributed by atoms with E-state index in [4.69, 9.17) is 10.4 Å². The van der Waals surface area contributed by atoms with Crippen LogP contribution in [0.3, 0.4) is 0 Å². The third-order valence-corrected chi connectivity index (χ3v) is 7.46. The second-order valence-electron chi connectivity index (χ2n) is 10.1. The number of ketones is 1. The van der Waals surface area contributed by atoms with Gasteiger partial charge >= 0.3 is 6.18 Å². The number of Topliss-reactive ketones (excluding diaryl/α,β-unsaturated/α-hetero) is 1. The Morgan fingerprint density at radius 3 is 2.27 bits per heavy atom. The number of anilines is 1. The maximum Gasteiger partial charge on any atom is 0.417 e. The van der Waals surface area contributed by atoms with Crippen molar-refractivity contribution in [3.63, 3.8) is 0 Å². The Morgan fingerprint density at radius 2 is 1.65 bits per heavy atom. The number of nitriles is 1. The molecule has 0 heterocycles. The lowest BCUT2D eigenvalue weighted by Gasteiger charge is -2.37. The minimum atomic E-state index is -4.78. The van der Waals surface area contributed by atoms with E-state index in [1.807, 2.05) is 12.1 Å². The van der Waals surface area contributed by atoms with E-state index in [1.54, 1.807) is 36.4 Å². The Hall–Kier alpha value is -4.00. The summed E-state index contributed by atoms with van der Waals surface area (Å²) in [5.41, 5.74) is -1.14. The SMILES string of the molecule is N#Cc1ccc(NC(=O)C(O)(Cc2cccc(-c3ccc(C(=O)CO)cc3)c2)C2CCCCC2)cc1C(F)(F)F. The van der Waals surface area contributed by atoms with E-state index in [9.17, 15) is 27.9 Å². The molecule has 40 heavy (non-hydrogen) atoms. The van der Waals surface area contributed by atoms with E-state index in [0.717, 1.165) is 36.5 Å². The van der Waals surface area contributed by atoms with Crippen molar-refractivity contribution < 1.29 is 33.0 Å². The van der Waals surface area contributed by atoms with Crippen LogP contribution in [0.1, 0.15) is 59.2 Å². The lowest BCUT2D eigenvalue weighted by atomic mass is 9.73. The van der Waals surface area contributed by atoms with Gasteiger partial charge in [0.25, 0.3) is 5.91 Å². The number of benzene rings is 3. The highest BCUT2D eigenvalue weighted by Crippen LogP contribution is 2.38. The number of nitrogens with zero attached hydrogens (tertiary/aromatic N) is 1. The van der Waals surface area contributed by atoms with Crippen LogP contribution in [0, 0.1) is 17.2 Å². The van der Waals surface area contributed by atoms with Crippen LogP contribution in [0.15, 0.2) is 66.7 Å². The van der Waals surface area contributed by atoms with Gasteiger partial charge in [0.05, 0.1) is 17.2 Å². The highest BCUT2D eigenvalue weighted by atomic mass is 19.4. The average Bonchev–Trinajstić information content (AvgIpc) is 2.96. The molecule has 1 aliphatic rings. The van der Waals surface area contributed by atoms with Crippen molar-refractivity contribution in [1.29, 1.82) is 5.26 Å². The molecule has 1 saturated carbocycles. The number of hydrogen-bond acceptors (Lipinski definition) is 5. The predicted octanol–water partition coefficient (Wildman–Crippen LogP) is 5.91. The lowest BCUT2D eigenvalue weighted by molar-refractivity contribution is -0.142. The standard InChI is InChI=1S/C31H29F3N2O4/c32-31(33,34)27-16-26(14-13-24(27)18-35)36-29(39)30(40,25-7-2-1-3-8-25)17-20-5-4-6-23(15-20)21-9-11-22(12-10-21)28(38)19-37/h4-6,9-16,25,37,40H,1-3,7-8,17,19H2,(H,36,39). The molecule has 1 atom stereocenters. The molecule has 0 aliphatic heterocycles. The number of carbonyl (C=O) groups is 2. The van der Waals surface area contributed by atoms with Crippen LogP contribution in [0.5, 0.6) is 0 Å². The normalized spacial score (nSPS) is 15.6. The van der Waals surface area contributed by atoms with E-state index in [1.165, 1.54) is 12.1 Å². The van der Waals surface area contributed by atoms with Crippen molar-refractivity contribution in [2.45, 2.75) is 50.3 Å². The fourth-order valence-corrected chi connectivity index (χ4v) is 5.30. The number of aliphatic hydroxyl groups excluding tert-OH is 1. The van der Waals surface area contributed by atoms with Crippen LogP contribution >= 0.6 is 0 Å². The molecule has 6 nitrogen and oxygen atoms in total. The molecule has 0 spiro atoms. The summed E-state index contributed by atoms with van der Waals surface area (Å²) in [6, 6.07) is 18.4. The number of aliphatic hydroxyl groups is 2. The molecule has 1 unspecified atom stereocenters. The summed E-state index contributed by atoms with van der Waals surface area (Å²) in [7, 11) is 0. The molecule has 1 fully saturated rings. The van der Waals surface area contributed by atoms with E-state index in [-0.39, 0.29) is 12.1 Å². The van der Waals surface area contributed by atoms with Gasteiger partial charge in [-0.25, -0.2) is 0 Å². The monoisotopic (exact) mass is 550 g/mol. The average molecular weight is 551 g/mol. The molecule has 1 amide bonds. The molecule has 0 saturated heterocycles. The van der Waals surface area contributed by atoms with Crippen LogP contribution < -0.4 is 5.32 Å². The first-order chi connectivity index (χ1) is 19.0. The molecule has 3 aromatic carbocycles. The summed E-state index contributed by atoms with van der Waals surface area (Å²) in [5.74, 6) is -1.59. The summed E-state index contributed by atoms with van der Waals surface area (Å²) in [4.78, 5) is 25.3. The van der Waals surface area contributed by atoms with Crippen molar-refractivity contribution in [3.05, 3.63) is 89.0 Å². The molecule has 9 heteroatoms. The van der Waals surface area contributed by atoms with E-state index >= 15 is 0 Å². The van der Waals surface area contributed by atoms with Crippen molar-refractivity contribution in [2.75, 3.05) is 11.9 Å². The van der Waals surface area contributed by atoms with Crippen molar-refractivity contribution in [3.8, 4) is 17.2 Å². The van der Waals surface area contributed by atoms with Gasteiger partial charge in [0.2, 0.25) is 0 Å². The van der Waals surface area contributed by atoms with Gasteiger partial charge in [-0.05, 0) is 53.6 Å². The zero-order valence-electron chi connectivity index (χ0n) is 21.7.